The molecule has 0 saturated carbocycles. The average molecular weight is 262 g/mol. The van der Waals surface area contributed by atoms with Gasteiger partial charge in [0.25, 0.3) is 0 Å². The van der Waals surface area contributed by atoms with Crippen LogP contribution >= 0.6 is 0 Å². The normalized spacial score (nSPS) is 18.2. The molecule has 0 saturated heterocycles. The number of benzene rings is 2. The molecule has 20 heavy (non-hydrogen) atoms. The van der Waals surface area contributed by atoms with Crippen molar-refractivity contribution >= 4 is 0 Å². The second-order valence-electron chi connectivity index (χ2n) is 5.29. The Hall–Kier alpha value is -2.11. The molecule has 3 rings (SSSR count). The van der Waals surface area contributed by atoms with Crippen LogP contribution in [0.15, 0.2) is 54.6 Å². The van der Waals surface area contributed by atoms with Gasteiger partial charge in [0.1, 0.15) is 0 Å². The number of nitrogens with zero attached hydrogens (tertiary/aromatic N) is 1. The molecule has 0 radical (unpaired) electrons. The van der Waals surface area contributed by atoms with Gasteiger partial charge in [-0.3, -0.25) is 0 Å². The Balaban J connectivity index is 1.67. The molecule has 2 aromatic rings. The molecule has 0 spiro atoms. The summed E-state index contributed by atoms with van der Waals surface area (Å²) in [5, 5.41) is 12.9. The van der Waals surface area contributed by atoms with Gasteiger partial charge in [-0.1, -0.05) is 54.6 Å². The van der Waals surface area contributed by atoms with Gasteiger partial charge < -0.3 is 5.32 Å². The van der Waals surface area contributed by atoms with Gasteiger partial charge in [-0.2, -0.15) is 5.26 Å². The van der Waals surface area contributed by atoms with Crippen LogP contribution in [0, 0.1) is 11.3 Å². The van der Waals surface area contributed by atoms with E-state index in [0.717, 1.165) is 18.4 Å². The van der Waals surface area contributed by atoms with Gasteiger partial charge in [-0.25, -0.2) is 0 Å². The van der Waals surface area contributed by atoms with E-state index in [0.29, 0.717) is 12.6 Å². The fourth-order valence-corrected chi connectivity index (χ4v) is 2.95. The largest absolute Gasteiger partial charge is 0.308 e. The zero-order chi connectivity index (χ0) is 13.8. The minimum absolute atomic E-state index is 0.0797. The van der Waals surface area contributed by atoms with E-state index in [1.807, 2.05) is 30.3 Å². The highest BCUT2D eigenvalue weighted by molar-refractivity contribution is 5.34. The number of nitriles is 1. The highest BCUT2D eigenvalue weighted by Crippen LogP contribution is 2.31. The third-order valence-electron chi connectivity index (χ3n) is 4.06. The molecule has 0 fully saturated rings. The molecule has 0 bridgehead atoms. The minimum Gasteiger partial charge on any atom is -0.308 e. The first-order chi connectivity index (χ1) is 9.88. The van der Waals surface area contributed by atoms with Gasteiger partial charge in [0, 0.05) is 12.6 Å². The van der Waals surface area contributed by atoms with E-state index < -0.39 is 0 Å². The highest BCUT2D eigenvalue weighted by Gasteiger charge is 2.22. The van der Waals surface area contributed by atoms with Crippen molar-refractivity contribution in [1.29, 1.82) is 5.26 Å². The summed E-state index contributed by atoms with van der Waals surface area (Å²) in [7, 11) is 0. The molecule has 2 aromatic carbocycles. The van der Waals surface area contributed by atoms with Crippen molar-refractivity contribution in [2.75, 3.05) is 6.54 Å². The van der Waals surface area contributed by atoms with Crippen LogP contribution in [0.2, 0.25) is 0 Å². The summed E-state index contributed by atoms with van der Waals surface area (Å²) in [6, 6.07) is 21.4. The van der Waals surface area contributed by atoms with Crippen molar-refractivity contribution in [1.82, 2.24) is 5.32 Å². The number of hydrogen-bond donors (Lipinski definition) is 1. The molecule has 0 aliphatic heterocycles. The second kappa shape index (κ2) is 5.90. The van der Waals surface area contributed by atoms with Gasteiger partial charge in [-0.15, -0.1) is 0 Å². The van der Waals surface area contributed by atoms with Crippen LogP contribution in [-0.2, 0) is 6.42 Å². The summed E-state index contributed by atoms with van der Waals surface area (Å²) in [5.41, 5.74) is 3.93. The summed E-state index contributed by atoms with van der Waals surface area (Å²) in [4.78, 5) is 0. The van der Waals surface area contributed by atoms with Crippen molar-refractivity contribution in [3.63, 3.8) is 0 Å². The number of hydrogen-bond acceptors (Lipinski definition) is 2. The van der Waals surface area contributed by atoms with E-state index in [4.69, 9.17) is 0 Å². The van der Waals surface area contributed by atoms with Crippen LogP contribution in [0.4, 0.5) is 0 Å². The summed E-state index contributed by atoms with van der Waals surface area (Å²) in [6.07, 6.45) is 2.27. The van der Waals surface area contributed by atoms with Crippen LogP contribution in [0.1, 0.15) is 35.1 Å². The molecule has 1 aliphatic rings. The van der Waals surface area contributed by atoms with Crippen LogP contribution in [0.5, 0.6) is 0 Å². The fraction of sp³-hybridized carbons (Fsp3) is 0.278. The number of fused-ring (bicyclic) bond motifs is 1. The maximum absolute atomic E-state index is 9.36. The Kier molecular flexibility index (Phi) is 3.80. The lowest BCUT2D eigenvalue weighted by Gasteiger charge is -2.17. The van der Waals surface area contributed by atoms with Crippen molar-refractivity contribution in [2.24, 2.45) is 0 Å². The predicted molar refractivity (Wildman–Crippen MR) is 80.3 cm³/mol. The zero-order valence-electron chi connectivity index (χ0n) is 11.4. The SMILES string of the molecule is N#CC(CNC1CCc2ccccc21)c1ccccc1. The summed E-state index contributed by atoms with van der Waals surface area (Å²) < 4.78 is 0. The van der Waals surface area contributed by atoms with Gasteiger partial charge in [0.15, 0.2) is 0 Å². The van der Waals surface area contributed by atoms with Crippen molar-refractivity contribution in [2.45, 2.75) is 24.8 Å². The van der Waals surface area contributed by atoms with Crippen LogP contribution in [0.25, 0.3) is 0 Å². The van der Waals surface area contributed by atoms with Gasteiger partial charge in [0.05, 0.1) is 12.0 Å². The molecule has 0 heterocycles. The average Bonchev–Trinajstić information content (AvgIpc) is 2.92. The van der Waals surface area contributed by atoms with Crippen LogP contribution in [0.3, 0.4) is 0 Å². The lowest BCUT2D eigenvalue weighted by atomic mass is 10.00. The van der Waals surface area contributed by atoms with Crippen molar-refractivity contribution < 1.29 is 0 Å². The Labute approximate surface area is 120 Å². The third-order valence-corrected chi connectivity index (χ3v) is 4.06. The van der Waals surface area contributed by atoms with E-state index in [-0.39, 0.29) is 5.92 Å². The minimum atomic E-state index is -0.0797. The molecule has 2 nitrogen and oxygen atoms in total. The molecule has 2 atom stereocenters. The Morgan fingerprint density at radius 3 is 2.65 bits per heavy atom. The first-order valence-electron chi connectivity index (χ1n) is 7.14. The van der Waals surface area contributed by atoms with Crippen molar-refractivity contribution in [3.8, 4) is 6.07 Å². The molecule has 1 N–H and O–H groups in total. The maximum atomic E-state index is 9.36. The monoisotopic (exact) mass is 262 g/mol. The number of aryl methyl sites for hydroxylation is 1. The quantitative estimate of drug-likeness (QED) is 0.914. The second-order valence-corrected chi connectivity index (χ2v) is 5.29. The van der Waals surface area contributed by atoms with E-state index in [2.05, 4.69) is 35.7 Å². The van der Waals surface area contributed by atoms with Crippen LogP contribution < -0.4 is 5.32 Å². The van der Waals surface area contributed by atoms with Gasteiger partial charge in [-0.05, 0) is 29.5 Å². The van der Waals surface area contributed by atoms with E-state index in [1.54, 1.807) is 0 Å². The summed E-state index contributed by atoms with van der Waals surface area (Å²) in [5.74, 6) is -0.0797. The molecule has 0 aromatic heterocycles. The zero-order valence-corrected chi connectivity index (χ0v) is 11.4. The van der Waals surface area contributed by atoms with E-state index >= 15 is 0 Å². The first kappa shape index (κ1) is 12.9. The van der Waals surface area contributed by atoms with Gasteiger partial charge >= 0.3 is 0 Å². The molecular weight excluding hydrogens is 244 g/mol. The van der Waals surface area contributed by atoms with E-state index in [9.17, 15) is 5.26 Å². The molecule has 1 aliphatic carbocycles. The molecule has 100 valence electrons. The number of nitrogens with one attached hydrogen (secondary N) is 1. The Morgan fingerprint density at radius 2 is 1.85 bits per heavy atom. The molecule has 2 heteroatoms. The fourth-order valence-electron chi connectivity index (χ4n) is 2.95. The topological polar surface area (TPSA) is 35.8 Å². The van der Waals surface area contributed by atoms with Crippen LogP contribution in [-0.4, -0.2) is 6.54 Å². The first-order valence-corrected chi connectivity index (χ1v) is 7.14. The maximum Gasteiger partial charge on any atom is 0.0837 e. The Morgan fingerprint density at radius 1 is 1.10 bits per heavy atom. The summed E-state index contributed by atoms with van der Waals surface area (Å²) >= 11 is 0. The highest BCUT2D eigenvalue weighted by atomic mass is 14.9. The lowest BCUT2D eigenvalue weighted by molar-refractivity contribution is 0.520. The molecular formula is C18H18N2. The van der Waals surface area contributed by atoms with Gasteiger partial charge in [0.2, 0.25) is 0 Å². The third kappa shape index (κ3) is 2.59. The lowest BCUT2D eigenvalue weighted by Crippen LogP contribution is -2.24. The van der Waals surface area contributed by atoms with E-state index in [1.165, 1.54) is 11.1 Å². The summed E-state index contributed by atoms with van der Waals surface area (Å²) in [6.45, 7) is 0.708. The smallest absolute Gasteiger partial charge is 0.0837 e. The predicted octanol–water partition coefficient (Wildman–Crippen LogP) is 3.57. The van der Waals surface area contributed by atoms with Crippen molar-refractivity contribution in [3.05, 3.63) is 71.3 Å². The molecule has 0 amide bonds. The standard InChI is InChI=1S/C18H18N2/c19-12-16(14-6-2-1-3-7-14)13-20-18-11-10-15-8-4-5-9-17(15)18/h1-9,16,18,20H,10-11,13H2. The number of rotatable bonds is 4. The molecule has 2 unspecified atom stereocenters. The Bertz CT molecular complexity index is 613.